The summed E-state index contributed by atoms with van der Waals surface area (Å²) < 4.78 is 37.0. The molecule has 3 aliphatic heterocycles. The molecule has 4 aromatic heterocycles. The monoisotopic (exact) mass is 1010 g/mol. The lowest BCUT2D eigenvalue weighted by Gasteiger charge is -2.24. The van der Waals surface area contributed by atoms with Gasteiger partial charge in [-0.3, -0.25) is 14.6 Å². The summed E-state index contributed by atoms with van der Waals surface area (Å²) in [6.07, 6.45) is 13.0. The summed E-state index contributed by atoms with van der Waals surface area (Å²) in [6, 6.07) is 17.2. The van der Waals surface area contributed by atoms with Crippen molar-refractivity contribution in [3.8, 4) is 0 Å². The molecule has 0 radical (unpaired) electrons. The third-order valence-corrected chi connectivity index (χ3v) is 11.2. The molecule has 7 rings (SSSR count). The molecule has 7 heterocycles. The van der Waals surface area contributed by atoms with E-state index in [0.29, 0.717) is 41.7 Å². The molecule has 3 unspecified atom stereocenters. The Labute approximate surface area is 432 Å². The van der Waals surface area contributed by atoms with Crippen molar-refractivity contribution in [3.05, 3.63) is 193 Å². The molecule has 0 bridgehead atoms. The number of H-pyrrole nitrogens is 2. The molecule has 16 heteroatoms. The van der Waals surface area contributed by atoms with E-state index in [1.54, 1.807) is 36.8 Å². The first-order valence-electron chi connectivity index (χ1n) is 25.0. The van der Waals surface area contributed by atoms with E-state index in [9.17, 15) is 22.8 Å². The van der Waals surface area contributed by atoms with Crippen LogP contribution in [0, 0.1) is 17.8 Å². The maximum Gasteiger partial charge on any atom is 0.430 e. The molecule has 3 atom stereocenters. The summed E-state index contributed by atoms with van der Waals surface area (Å²) in [5.74, 6) is 3.47. The van der Waals surface area contributed by atoms with Crippen LogP contribution in [-0.4, -0.2) is 44.6 Å². The van der Waals surface area contributed by atoms with Crippen LogP contribution in [0.2, 0.25) is 0 Å². The number of nitrogens with two attached hydrogens (primary N) is 3. The number of dihydropyridines is 3. The summed E-state index contributed by atoms with van der Waals surface area (Å²) in [4.78, 5) is 35.2. The minimum atomic E-state index is -4.36. The van der Waals surface area contributed by atoms with Crippen LogP contribution in [0.4, 0.5) is 19.0 Å². The van der Waals surface area contributed by atoms with Crippen molar-refractivity contribution in [1.82, 2.24) is 35.9 Å². The number of hydrogen-bond donors (Lipinski definition) is 9. The molecule has 12 N–H and O–H groups in total. The largest absolute Gasteiger partial charge is 0.430 e. The first kappa shape index (κ1) is 62.6. The van der Waals surface area contributed by atoms with Gasteiger partial charge < -0.3 is 48.4 Å². The topological polar surface area (TPSA) is 218 Å². The Morgan fingerprint density at radius 1 is 0.548 bits per heavy atom. The predicted octanol–water partition coefficient (Wildman–Crippen LogP) is 10.8. The minimum Gasteiger partial charge on any atom is -0.370 e. The number of hydrogen-bond acceptors (Lipinski definition) is 11. The third kappa shape index (κ3) is 25.1. The SMILES string of the molecule is CC(C)C1=CC(N)NC(C(F)(F)F)=C1.CC(C)c1cc[nH]c(=O)c1.CC(C)c1cc[nH]c(=O)c1.CC(C)c1ccnc(NCc2ccccn2)c1.CC1=CC(C(C)C)=CC(N)N1.CC1=CC(C(C)C)=CC(N)N1. The highest BCUT2D eigenvalue weighted by Gasteiger charge is 2.36. The standard InChI is InChI=1S/C14H17N3.C9H13F3N2.2C9H16N2.2C8H11NO/c1-11(2)12-6-8-16-14(9-12)17-10-13-5-3-4-7-15-13;1-5(2)6-3-7(9(10,11)12)14-8(13)4-6;2*1-6(2)8-4-7(3)11-9(10)5-8;2*1-6(2)7-3-4-9-8(10)5-7/h3-9,11H,10H2,1-2H3,(H,16,17);3-5,8,14H,13H2,1-2H3;2*4-6,9,11H,10H2,1-3H3;2*3-6H,1-2H3,(H,9,10). The second-order valence-corrected chi connectivity index (χ2v) is 19.8. The normalized spacial score (nSPS) is 17.0. The number of anilines is 1. The summed E-state index contributed by atoms with van der Waals surface area (Å²) in [5, 5.41) is 11.7. The van der Waals surface area contributed by atoms with Crippen LogP contribution in [-0.2, 0) is 6.54 Å². The highest BCUT2D eigenvalue weighted by Crippen LogP contribution is 2.29. The Morgan fingerprint density at radius 3 is 1.33 bits per heavy atom. The van der Waals surface area contributed by atoms with E-state index in [2.05, 4.69) is 147 Å². The van der Waals surface area contributed by atoms with Gasteiger partial charge in [0.2, 0.25) is 11.1 Å². The molecule has 4 aromatic rings. The zero-order chi connectivity index (χ0) is 55.0. The molecule has 0 saturated heterocycles. The molecular weight excluding hydrogens is 928 g/mol. The number of nitrogens with zero attached hydrogens (tertiary/aromatic N) is 2. The van der Waals surface area contributed by atoms with Crippen LogP contribution < -0.4 is 49.6 Å². The van der Waals surface area contributed by atoms with Gasteiger partial charge in [0.1, 0.15) is 11.5 Å². The van der Waals surface area contributed by atoms with E-state index in [4.69, 9.17) is 17.2 Å². The Kier molecular flexibility index (Phi) is 26.7. The molecule has 0 amide bonds. The summed E-state index contributed by atoms with van der Waals surface area (Å²) in [7, 11) is 0. The lowest BCUT2D eigenvalue weighted by atomic mass is 9.98. The number of aromatic amines is 2. The Hall–Kier alpha value is -6.49. The second-order valence-electron chi connectivity index (χ2n) is 19.8. The fourth-order valence-electron chi connectivity index (χ4n) is 6.86. The smallest absolute Gasteiger partial charge is 0.370 e. The van der Waals surface area contributed by atoms with Crippen molar-refractivity contribution in [2.24, 2.45) is 35.0 Å². The molecule has 0 spiro atoms. The van der Waals surface area contributed by atoms with Gasteiger partial charge in [-0.2, -0.15) is 13.2 Å². The van der Waals surface area contributed by atoms with Crippen molar-refractivity contribution >= 4 is 5.82 Å². The fraction of sp³-hybridized carbons (Fsp3) is 0.439. The highest BCUT2D eigenvalue weighted by molar-refractivity contribution is 5.39. The summed E-state index contributed by atoms with van der Waals surface area (Å²) in [6.45, 7) is 29.7. The first-order chi connectivity index (χ1) is 34.1. The first-order valence-corrected chi connectivity index (χ1v) is 25.0. The molecule has 0 saturated carbocycles. The maximum absolute atomic E-state index is 12.3. The fourth-order valence-corrected chi connectivity index (χ4v) is 6.86. The lowest BCUT2D eigenvalue weighted by Crippen LogP contribution is -2.42. The van der Waals surface area contributed by atoms with Gasteiger partial charge in [-0.15, -0.1) is 0 Å². The Balaban J connectivity index is 0.000000304. The summed E-state index contributed by atoms with van der Waals surface area (Å²) >= 11 is 0. The van der Waals surface area contributed by atoms with Gasteiger partial charge in [0.15, 0.2) is 0 Å². The molecular formula is C57H84F3N11O2. The van der Waals surface area contributed by atoms with E-state index >= 15 is 0 Å². The zero-order valence-electron chi connectivity index (χ0n) is 45.4. The average molecular weight is 1010 g/mol. The highest BCUT2D eigenvalue weighted by atomic mass is 19.4. The van der Waals surface area contributed by atoms with Crippen molar-refractivity contribution in [3.63, 3.8) is 0 Å². The number of allylic oxidation sites excluding steroid dienone is 9. The van der Waals surface area contributed by atoms with Gasteiger partial charge in [-0.1, -0.05) is 89.2 Å². The predicted molar refractivity (Wildman–Crippen MR) is 296 cm³/mol. The van der Waals surface area contributed by atoms with Crippen LogP contribution >= 0.6 is 0 Å². The minimum absolute atomic E-state index is 0.00241. The average Bonchev–Trinajstić information content (AvgIpc) is 3.31. The van der Waals surface area contributed by atoms with Gasteiger partial charge >= 0.3 is 6.18 Å². The van der Waals surface area contributed by atoms with Crippen molar-refractivity contribution < 1.29 is 13.2 Å². The quantitative estimate of drug-likeness (QED) is 0.0768. The van der Waals surface area contributed by atoms with E-state index in [1.165, 1.54) is 16.7 Å². The van der Waals surface area contributed by atoms with Gasteiger partial charge in [-0.25, -0.2) is 4.98 Å². The molecule has 0 fully saturated rings. The van der Waals surface area contributed by atoms with Crippen LogP contribution in [0.1, 0.15) is 137 Å². The van der Waals surface area contributed by atoms with E-state index in [0.717, 1.165) is 40.1 Å². The molecule has 0 aliphatic carbocycles. The van der Waals surface area contributed by atoms with Crippen LogP contribution in [0.5, 0.6) is 0 Å². The number of halogens is 3. The molecule has 0 aromatic carbocycles. The van der Waals surface area contributed by atoms with E-state index in [1.807, 2.05) is 64.2 Å². The number of pyridine rings is 4. The molecule has 73 heavy (non-hydrogen) atoms. The van der Waals surface area contributed by atoms with Gasteiger partial charge in [0.05, 0.1) is 30.7 Å². The van der Waals surface area contributed by atoms with Crippen LogP contribution in [0.3, 0.4) is 0 Å². The number of rotatable bonds is 9. The van der Waals surface area contributed by atoms with Crippen molar-refractivity contribution in [2.45, 2.75) is 146 Å². The van der Waals surface area contributed by atoms with Crippen LogP contribution in [0.25, 0.3) is 0 Å². The Bertz CT molecular complexity index is 2480. The van der Waals surface area contributed by atoms with E-state index in [-0.39, 0.29) is 29.4 Å². The third-order valence-electron chi connectivity index (χ3n) is 11.2. The molecule has 3 aliphatic rings. The van der Waals surface area contributed by atoms with Crippen molar-refractivity contribution in [1.29, 1.82) is 0 Å². The van der Waals surface area contributed by atoms with E-state index < -0.39 is 18.0 Å². The van der Waals surface area contributed by atoms with Gasteiger partial charge in [0, 0.05) is 48.3 Å². The lowest BCUT2D eigenvalue weighted by molar-refractivity contribution is -0.0977. The number of aromatic nitrogens is 4. The van der Waals surface area contributed by atoms with Gasteiger partial charge in [-0.05, 0) is 156 Å². The maximum atomic E-state index is 12.3. The van der Waals surface area contributed by atoms with Crippen LogP contribution in [0.15, 0.2) is 159 Å². The van der Waals surface area contributed by atoms with Crippen molar-refractivity contribution in [2.75, 3.05) is 5.32 Å². The Morgan fingerprint density at radius 2 is 0.973 bits per heavy atom. The van der Waals surface area contributed by atoms with Gasteiger partial charge in [0.25, 0.3) is 0 Å². The molecule has 13 nitrogen and oxygen atoms in total. The molecule has 400 valence electrons. The zero-order valence-corrected chi connectivity index (χ0v) is 45.4. The number of alkyl halides is 3. The summed E-state index contributed by atoms with van der Waals surface area (Å²) in [5.41, 5.74) is 26.1. The second kappa shape index (κ2) is 31.2. The number of nitrogens with one attached hydrogen (secondary N) is 6.